The fraction of sp³-hybridized carbons (Fsp3) is 0.348. The van der Waals surface area contributed by atoms with Crippen molar-refractivity contribution >= 4 is 22.5 Å². The van der Waals surface area contributed by atoms with E-state index in [-0.39, 0.29) is 5.91 Å². The van der Waals surface area contributed by atoms with Gasteiger partial charge in [0.1, 0.15) is 0 Å². The number of piperidine rings is 1. The number of para-hydroxylation sites is 1. The third-order valence-electron chi connectivity index (χ3n) is 5.62. The molecule has 144 valence electrons. The number of carbonyl (C=O) groups is 1. The number of rotatable bonds is 5. The number of pyridine rings is 2. The Kier molecular flexibility index (Phi) is 5.51. The van der Waals surface area contributed by atoms with Gasteiger partial charge in [-0.2, -0.15) is 0 Å². The summed E-state index contributed by atoms with van der Waals surface area (Å²) in [7, 11) is 0. The van der Waals surface area contributed by atoms with Crippen molar-refractivity contribution in [3.05, 3.63) is 66.1 Å². The molecule has 1 amide bonds. The third-order valence-corrected chi connectivity index (χ3v) is 5.62. The van der Waals surface area contributed by atoms with Crippen molar-refractivity contribution in [3.63, 3.8) is 0 Å². The summed E-state index contributed by atoms with van der Waals surface area (Å²) >= 11 is 0. The lowest BCUT2D eigenvalue weighted by molar-refractivity contribution is -0.132. The quantitative estimate of drug-likeness (QED) is 0.734. The highest BCUT2D eigenvalue weighted by Gasteiger charge is 2.25. The van der Waals surface area contributed by atoms with Crippen molar-refractivity contribution in [1.29, 1.82) is 0 Å². The normalized spacial score (nSPS) is 15.1. The number of aromatic nitrogens is 2. The van der Waals surface area contributed by atoms with Crippen LogP contribution < -0.4 is 5.73 Å². The molecular weight excluding hydrogens is 348 g/mol. The largest absolute Gasteiger partial charge is 0.397 e. The summed E-state index contributed by atoms with van der Waals surface area (Å²) in [6.45, 7) is 1.57. The minimum Gasteiger partial charge on any atom is -0.397 e. The number of nitrogen functional groups attached to an aromatic ring is 1. The Morgan fingerprint density at radius 1 is 1.11 bits per heavy atom. The smallest absolute Gasteiger partial charge is 0.222 e. The highest BCUT2D eigenvalue weighted by Crippen LogP contribution is 2.32. The highest BCUT2D eigenvalue weighted by molar-refractivity contribution is 5.82. The number of anilines is 1. The Morgan fingerprint density at radius 2 is 1.86 bits per heavy atom. The first kappa shape index (κ1) is 18.4. The topological polar surface area (TPSA) is 72.1 Å². The molecule has 28 heavy (non-hydrogen) atoms. The first-order valence-electron chi connectivity index (χ1n) is 10.0. The van der Waals surface area contributed by atoms with Crippen LogP contribution in [-0.4, -0.2) is 33.9 Å². The molecule has 3 heterocycles. The van der Waals surface area contributed by atoms with Gasteiger partial charge in [-0.05, 0) is 55.5 Å². The van der Waals surface area contributed by atoms with Crippen molar-refractivity contribution < 1.29 is 4.79 Å². The molecule has 0 spiro atoms. The minimum absolute atomic E-state index is 0.256. The average molecular weight is 374 g/mol. The first-order valence-corrected chi connectivity index (χ1v) is 10.0. The van der Waals surface area contributed by atoms with Gasteiger partial charge < -0.3 is 10.6 Å². The average Bonchev–Trinajstić information content (AvgIpc) is 2.74. The molecule has 1 fully saturated rings. The zero-order chi connectivity index (χ0) is 19.3. The second-order valence-corrected chi connectivity index (χ2v) is 7.52. The maximum Gasteiger partial charge on any atom is 0.222 e. The van der Waals surface area contributed by atoms with Gasteiger partial charge >= 0.3 is 0 Å². The molecule has 0 radical (unpaired) electrons. The number of hydrogen-bond acceptors (Lipinski definition) is 4. The molecular formula is C23H26N4O. The van der Waals surface area contributed by atoms with Crippen LogP contribution in [0, 0.1) is 0 Å². The molecule has 1 aliphatic rings. The van der Waals surface area contributed by atoms with Crippen LogP contribution in [0.4, 0.5) is 5.69 Å². The van der Waals surface area contributed by atoms with Crippen LogP contribution in [0.3, 0.4) is 0 Å². The molecule has 2 aromatic heterocycles. The maximum absolute atomic E-state index is 12.5. The number of aryl methyl sites for hydroxylation is 1. The van der Waals surface area contributed by atoms with Gasteiger partial charge in [-0.15, -0.1) is 0 Å². The van der Waals surface area contributed by atoms with Crippen LogP contribution in [0.2, 0.25) is 0 Å². The van der Waals surface area contributed by atoms with Crippen molar-refractivity contribution in [2.45, 2.75) is 38.0 Å². The number of hydrogen-bond donors (Lipinski definition) is 1. The Balaban J connectivity index is 1.32. The van der Waals surface area contributed by atoms with Crippen LogP contribution in [0.15, 0.2) is 54.9 Å². The van der Waals surface area contributed by atoms with Gasteiger partial charge in [-0.1, -0.05) is 18.2 Å². The first-order chi connectivity index (χ1) is 13.7. The molecule has 0 unspecified atom stereocenters. The molecule has 2 N–H and O–H groups in total. The van der Waals surface area contributed by atoms with Crippen molar-refractivity contribution in [3.8, 4) is 0 Å². The van der Waals surface area contributed by atoms with Gasteiger partial charge in [0, 0.05) is 43.2 Å². The van der Waals surface area contributed by atoms with E-state index in [1.54, 1.807) is 12.4 Å². The number of nitrogens with zero attached hydrogens (tertiary/aromatic N) is 3. The fourth-order valence-corrected chi connectivity index (χ4v) is 4.03. The Morgan fingerprint density at radius 3 is 2.64 bits per heavy atom. The molecule has 5 nitrogen and oxygen atoms in total. The lowest BCUT2D eigenvalue weighted by Crippen LogP contribution is -2.38. The molecule has 0 saturated carbocycles. The van der Waals surface area contributed by atoms with Crippen LogP contribution >= 0.6 is 0 Å². The van der Waals surface area contributed by atoms with Crippen LogP contribution in [0.1, 0.15) is 42.9 Å². The molecule has 0 bridgehead atoms. The van der Waals surface area contributed by atoms with Gasteiger partial charge in [-0.25, -0.2) is 0 Å². The van der Waals surface area contributed by atoms with Gasteiger partial charge in [0.2, 0.25) is 5.91 Å². The summed E-state index contributed by atoms with van der Waals surface area (Å²) < 4.78 is 0. The second kappa shape index (κ2) is 8.38. The molecule has 0 atom stereocenters. The molecule has 3 aromatic rings. The van der Waals surface area contributed by atoms with Crippen LogP contribution in [0.25, 0.3) is 10.9 Å². The summed E-state index contributed by atoms with van der Waals surface area (Å²) in [6.07, 6.45) is 7.84. The predicted octanol–water partition coefficient (Wildman–Crippen LogP) is 3.94. The predicted molar refractivity (Wildman–Crippen MR) is 112 cm³/mol. The monoisotopic (exact) mass is 374 g/mol. The molecule has 5 heteroatoms. The lowest BCUT2D eigenvalue weighted by Gasteiger charge is -2.32. The molecule has 0 aliphatic carbocycles. The SMILES string of the molecule is Nc1cc2ccccc2nc1C1CCN(C(=O)CCCc2ccncc2)CC1. The van der Waals surface area contributed by atoms with Crippen molar-refractivity contribution in [2.24, 2.45) is 0 Å². The lowest BCUT2D eigenvalue weighted by atomic mass is 9.91. The number of likely N-dealkylation sites (tertiary alicyclic amines) is 1. The zero-order valence-corrected chi connectivity index (χ0v) is 16.1. The van der Waals surface area contributed by atoms with Crippen LogP contribution in [-0.2, 0) is 11.2 Å². The number of carbonyl (C=O) groups excluding carboxylic acids is 1. The zero-order valence-electron chi connectivity index (χ0n) is 16.1. The number of fused-ring (bicyclic) bond motifs is 1. The molecule has 1 aromatic carbocycles. The van der Waals surface area contributed by atoms with E-state index in [9.17, 15) is 4.79 Å². The molecule has 4 rings (SSSR count). The van der Waals surface area contributed by atoms with E-state index in [1.807, 2.05) is 47.4 Å². The van der Waals surface area contributed by atoms with Crippen LogP contribution in [0.5, 0.6) is 0 Å². The van der Waals surface area contributed by atoms with E-state index in [0.29, 0.717) is 12.3 Å². The van der Waals surface area contributed by atoms with Crippen molar-refractivity contribution in [2.75, 3.05) is 18.8 Å². The Bertz CT molecular complexity index is 949. The maximum atomic E-state index is 12.5. The van der Waals surface area contributed by atoms with E-state index in [2.05, 4.69) is 4.98 Å². The summed E-state index contributed by atoms with van der Waals surface area (Å²) in [4.78, 5) is 23.4. The number of nitrogens with two attached hydrogens (primary N) is 1. The standard InChI is InChI=1S/C23H26N4O/c24-20-16-19-5-1-2-6-21(19)26-23(20)18-10-14-27(15-11-18)22(28)7-3-4-17-8-12-25-13-9-17/h1-2,5-6,8-9,12-13,16,18H,3-4,7,10-11,14-15,24H2. The highest BCUT2D eigenvalue weighted by atomic mass is 16.2. The van der Waals surface area contributed by atoms with E-state index in [1.165, 1.54) is 5.56 Å². The second-order valence-electron chi connectivity index (χ2n) is 7.52. The Labute approximate surface area is 165 Å². The van der Waals surface area contributed by atoms with E-state index >= 15 is 0 Å². The molecule has 1 aliphatic heterocycles. The summed E-state index contributed by atoms with van der Waals surface area (Å²) in [5.74, 6) is 0.581. The summed E-state index contributed by atoms with van der Waals surface area (Å²) in [5.41, 5.74) is 10.3. The van der Waals surface area contributed by atoms with Gasteiger partial charge in [0.05, 0.1) is 16.9 Å². The van der Waals surface area contributed by atoms with Gasteiger partial charge in [0.15, 0.2) is 0 Å². The van der Waals surface area contributed by atoms with E-state index in [4.69, 9.17) is 10.7 Å². The number of benzene rings is 1. The Hall–Kier alpha value is -2.95. The van der Waals surface area contributed by atoms with Gasteiger partial charge in [0.25, 0.3) is 0 Å². The third kappa shape index (κ3) is 4.14. The van der Waals surface area contributed by atoms with E-state index in [0.717, 1.165) is 61.1 Å². The summed E-state index contributed by atoms with van der Waals surface area (Å²) in [5, 5.41) is 1.07. The molecule has 1 saturated heterocycles. The van der Waals surface area contributed by atoms with E-state index < -0.39 is 0 Å². The minimum atomic E-state index is 0.256. The van der Waals surface area contributed by atoms with Crippen molar-refractivity contribution in [1.82, 2.24) is 14.9 Å². The summed E-state index contributed by atoms with van der Waals surface area (Å²) in [6, 6.07) is 14.1. The number of amides is 1. The fourth-order valence-electron chi connectivity index (χ4n) is 4.03. The van der Waals surface area contributed by atoms with Gasteiger partial charge in [-0.3, -0.25) is 14.8 Å².